The van der Waals surface area contributed by atoms with Crippen molar-refractivity contribution in [2.45, 2.75) is 32.3 Å². The predicted octanol–water partition coefficient (Wildman–Crippen LogP) is 2.85. The van der Waals surface area contributed by atoms with Crippen molar-refractivity contribution in [2.75, 3.05) is 26.7 Å². The van der Waals surface area contributed by atoms with Gasteiger partial charge in [0.05, 0.1) is 13.2 Å². The lowest BCUT2D eigenvalue weighted by Gasteiger charge is -2.23. The minimum absolute atomic E-state index is 0.427. The molecule has 0 aliphatic carbocycles. The molecule has 3 heteroatoms. The summed E-state index contributed by atoms with van der Waals surface area (Å²) in [6.45, 7) is 5.25. The number of ether oxygens (including phenoxy) is 1. The molecule has 0 spiro atoms. The predicted molar refractivity (Wildman–Crippen MR) is 77.4 cm³/mol. The van der Waals surface area contributed by atoms with Gasteiger partial charge in [-0.15, -0.1) is 0 Å². The highest BCUT2D eigenvalue weighted by Crippen LogP contribution is 2.22. The van der Waals surface area contributed by atoms with Crippen molar-refractivity contribution in [3.8, 4) is 5.75 Å². The van der Waals surface area contributed by atoms with E-state index >= 15 is 0 Å². The average molecular weight is 263 g/mol. The summed E-state index contributed by atoms with van der Waals surface area (Å²) in [4.78, 5) is 2.38. The molecule has 0 saturated carbocycles. The first-order chi connectivity index (χ1) is 9.19. The summed E-state index contributed by atoms with van der Waals surface area (Å²) in [6.07, 6.45) is 3.37. The fraction of sp³-hybridized carbons (Fsp3) is 0.625. The van der Waals surface area contributed by atoms with Gasteiger partial charge in [0, 0.05) is 6.54 Å². The molecule has 1 saturated heterocycles. The Labute approximate surface area is 116 Å². The molecule has 2 atom stereocenters. The maximum atomic E-state index is 10.4. The minimum Gasteiger partial charge on any atom is -0.497 e. The Morgan fingerprint density at radius 3 is 3.00 bits per heavy atom. The Balaban J connectivity index is 1.93. The first-order valence-electron chi connectivity index (χ1n) is 7.23. The molecule has 19 heavy (non-hydrogen) atoms. The van der Waals surface area contributed by atoms with Crippen molar-refractivity contribution in [1.29, 1.82) is 0 Å². The molecule has 1 aliphatic heterocycles. The van der Waals surface area contributed by atoms with Crippen LogP contribution < -0.4 is 4.74 Å². The van der Waals surface area contributed by atoms with Crippen molar-refractivity contribution in [1.82, 2.24) is 4.90 Å². The van der Waals surface area contributed by atoms with E-state index in [-0.39, 0.29) is 0 Å². The standard InChI is InChI=1S/C16H25NO2/c1-13-5-4-9-17(10-8-13)12-16(18)14-6-3-7-15(11-14)19-2/h3,6-7,11,13,16,18H,4-5,8-10,12H2,1-2H3. The topological polar surface area (TPSA) is 32.7 Å². The Bertz CT molecular complexity index is 394. The Kier molecular flexibility index (Phi) is 5.23. The molecule has 1 fully saturated rings. The Morgan fingerprint density at radius 1 is 1.37 bits per heavy atom. The van der Waals surface area contributed by atoms with Crippen molar-refractivity contribution in [2.24, 2.45) is 5.92 Å². The zero-order valence-electron chi connectivity index (χ0n) is 12.0. The quantitative estimate of drug-likeness (QED) is 0.906. The van der Waals surface area contributed by atoms with E-state index in [0.29, 0.717) is 0 Å². The SMILES string of the molecule is COc1cccc(C(O)CN2CCCC(C)CC2)c1. The summed E-state index contributed by atoms with van der Waals surface area (Å²) >= 11 is 0. The van der Waals surface area contributed by atoms with Gasteiger partial charge >= 0.3 is 0 Å². The van der Waals surface area contributed by atoms with Gasteiger partial charge in [-0.1, -0.05) is 19.1 Å². The van der Waals surface area contributed by atoms with Crippen LogP contribution in [0.15, 0.2) is 24.3 Å². The maximum Gasteiger partial charge on any atom is 0.119 e. The van der Waals surface area contributed by atoms with Crippen LogP contribution in [0, 0.1) is 5.92 Å². The van der Waals surface area contributed by atoms with Crippen LogP contribution in [0.5, 0.6) is 5.75 Å². The highest BCUT2D eigenvalue weighted by Gasteiger charge is 2.17. The lowest BCUT2D eigenvalue weighted by atomic mass is 10.0. The number of methoxy groups -OCH3 is 1. The van der Waals surface area contributed by atoms with Crippen molar-refractivity contribution >= 4 is 0 Å². The molecule has 1 heterocycles. The monoisotopic (exact) mass is 263 g/mol. The van der Waals surface area contributed by atoms with Crippen LogP contribution in [-0.4, -0.2) is 36.8 Å². The summed E-state index contributed by atoms with van der Waals surface area (Å²) in [5.41, 5.74) is 0.941. The van der Waals surface area contributed by atoms with E-state index in [9.17, 15) is 5.11 Å². The molecule has 106 valence electrons. The molecule has 2 unspecified atom stereocenters. The molecule has 1 aliphatic rings. The summed E-state index contributed by atoms with van der Waals surface area (Å²) in [5, 5.41) is 10.4. The van der Waals surface area contributed by atoms with Gasteiger partial charge in [-0.25, -0.2) is 0 Å². The van der Waals surface area contributed by atoms with E-state index in [4.69, 9.17) is 4.74 Å². The van der Waals surface area contributed by atoms with Gasteiger partial charge in [0.15, 0.2) is 0 Å². The zero-order chi connectivity index (χ0) is 13.7. The van der Waals surface area contributed by atoms with Gasteiger partial charge in [-0.3, -0.25) is 0 Å². The number of β-amino-alcohol motifs (C(OH)–C–C–N with tert-alkyl or cyclic N) is 1. The highest BCUT2D eigenvalue weighted by molar-refractivity contribution is 5.29. The van der Waals surface area contributed by atoms with Crippen LogP contribution in [0.4, 0.5) is 0 Å². The van der Waals surface area contributed by atoms with Crippen LogP contribution in [-0.2, 0) is 0 Å². The number of benzene rings is 1. The molecule has 0 radical (unpaired) electrons. The lowest BCUT2D eigenvalue weighted by molar-refractivity contribution is 0.114. The van der Waals surface area contributed by atoms with E-state index in [1.165, 1.54) is 19.3 Å². The van der Waals surface area contributed by atoms with E-state index in [1.54, 1.807) is 7.11 Å². The number of hydrogen-bond donors (Lipinski definition) is 1. The highest BCUT2D eigenvalue weighted by atomic mass is 16.5. The van der Waals surface area contributed by atoms with Crippen LogP contribution in [0.1, 0.15) is 37.9 Å². The molecule has 3 nitrogen and oxygen atoms in total. The van der Waals surface area contributed by atoms with Gasteiger partial charge in [0.1, 0.15) is 5.75 Å². The Morgan fingerprint density at radius 2 is 2.21 bits per heavy atom. The third kappa shape index (κ3) is 4.22. The normalized spacial score (nSPS) is 22.8. The molecule has 0 bridgehead atoms. The van der Waals surface area contributed by atoms with Crippen LogP contribution in [0.25, 0.3) is 0 Å². The second-order valence-electron chi connectivity index (χ2n) is 5.63. The molecule has 0 amide bonds. The molecule has 2 rings (SSSR count). The van der Waals surface area contributed by atoms with Crippen LogP contribution in [0.3, 0.4) is 0 Å². The molecular weight excluding hydrogens is 238 g/mol. The van der Waals surface area contributed by atoms with Crippen molar-refractivity contribution < 1.29 is 9.84 Å². The van der Waals surface area contributed by atoms with Crippen LogP contribution in [0.2, 0.25) is 0 Å². The number of aliphatic hydroxyl groups is 1. The summed E-state index contributed by atoms with van der Waals surface area (Å²) in [5.74, 6) is 1.63. The van der Waals surface area contributed by atoms with Crippen molar-refractivity contribution in [3.05, 3.63) is 29.8 Å². The van der Waals surface area contributed by atoms with Gasteiger partial charge in [-0.05, 0) is 56.0 Å². The summed E-state index contributed by atoms with van der Waals surface area (Å²) in [6, 6.07) is 7.73. The van der Waals surface area contributed by atoms with Crippen molar-refractivity contribution in [3.63, 3.8) is 0 Å². The first-order valence-corrected chi connectivity index (χ1v) is 7.23. The van der Waals surface area contributed by atoms with Gasteiger partial charge < -0.3 is 14.7 Å². The number of aliphatic hydroxyl groups excluding tert-OH is 1. The largest absolute Gasteiger partial charge is 0.497 e. The third-order valence-corrected chi connectivity index (χ3v) is 4.02. The van der Waals surface area contributed by atoms with E-state index < -0.39 is 6.10 Å². The minimum atomic E-state index is -0.427. The fourth-order valence-corrected chi connectivity index (χ4v) is 2.70. The smallest absolute Gasteiger partial charge is 0.119 e. The van der Waals surface area contributed by atoms with Crippen LogP contribution >= 0.6 is 0 Å². The zero-order valence-corrected chi connectivity index (χ0v) is 12.0. The summed E-state index contributed by atoms with van der Waals surface area (Å²) in [7, 11) is 1.65. The maximum absolute atomic E-state index is 10.4. The average Bonchev–Trinajstić information content (AvgIpc) is 2.64. The van der Waals surface area contributed by atoms with Gasteiger partial charge in [-0.2, -0.15) is 0 Å². The fourth-order valence-electron chi connectivity index (χ4n) is 2.70. The Hall–Kier alpha value is -1.06. The number of hydrogen-bond acceptors (Lipinski definition) is 3. The van der Waals surface area contributed by atoms with E-state index in [1.807, 2.05) is 24.3 Å². The number of rotatable bonds is 4. The molecule has 1 N–H and O–H groups in total. The second kappa shape index (κ2) is 6.92. The van der Waals surface area contributed by atoms with Gasteiger partial charge in [0.2, 0.25) is 0 Å². The lowest BCUT2D eigenvalue weighted by Crippen LogP contribution is -2.29. The van der Waals surface area contributed by atoms with E-state index in [0.717, 1.165) is 36.9 Å². The molecule has 0 aromatic heterocycles. The molecule has 1 aromatic rings. The number of nitrogens with zero attached hydrogens (tertiary/aromatic N) is 1. The first kappa shape index (κ1) is 14.4. The van der Waals surface area contributed by atoms with E-state index in [2.05, 4.69) is 11.8 Å². The molecular formula is C16H25NO2. The van der Waals surface area contributed by atoms with Gasteiger partial charge in [0.25, 0.3) is 0 Å². The molecule has 1 aromatic carbocycles. The summed E-state index contributed by atoms with van der Waals surface area (Å²) < 4.78 is 5.20. The third-order valence-electron chi connectivity index (χ3n) is 4.02. The second-order valence-corrected chi connectivity index (χ2v) is 5.63. The number of likely N-dealkylation sites (tertiary alicyclic amines) is 1.